The van der Waals surface area contributed by atoms with E-state index in [2.05, 4.69) is 9.97 Å². The Labute approximate surface area is 114 Å². The first-order chi connectivity index (χ1) is 9.11. The molecule has 98 valence electrons. The lowest BCUT2D eigenvalue weighted by atomic mass is 10.3. The zero-order chi connectivity index (χ0) is 13.4. The van der Waals surface area contributed by atoms with E-state index < -0.39 is 0 Å². The largest absolute Gasteiger partial charge is 0.440 e. The summed E-state index contributed by atoms with van der Waals surface area (Å²) >= 11 is 1.46. The monoisotopic (exact) mass is 275 g/mol. The fourth-order valence-electron chi connectivity index (χ4n) is 1.68. The molecule has 0 aliphatic rings. The van der Waals surface area contributed by atoms with Crippen LogP contribution in [0.15, 0.2) is 32.3 Å². The minimum atomic E-state index is 0.577. The Hall–Kier alpha value is -1.95. The van der Waals surface area contributed by atoms with E-state index in [1.165, 1.54) is 11.8 Å². The standard InChI is InChI=1S/C13H13N3O2S/c1-7-8(2)17-13(15-7)19-6-12-16-10-5-9(14)3-4-11(10)18-12/h3-5H,6,14H2,1-2H3. The van der Waals surface area contributed by atoms with E-state index >= 15 is 0 Å². The Morgan fingerprint density at radius 2 is 2.05 bits per heavy atom. The molecule has 0 bridgehead atoms. The summed E-state index contributed by atoms with van der Waals surface area (Å²) < 4.78 is 11.1. The topological polar surface area (TPSA) is 78.1 Å². The molecule has 0 amide bonds. The average Bonchev–Trinajstić information content (AvgIpc) is 2.90. The van der Waals surface area contributed by atoms with Gasteiger partial charge in [-0.05, 0) is 32.0 Å². The number of thioether (sulfide) groups is 1. The minimum Gasteiger partial charge on any atom is -0.440 e. The number of nitrogens with zero attached hydrogens (tertiary/aromatic N) is 2. The highest BCUT2D eigenvalue weighted by Crippen LogP contribution is 2.26. The second kappa shape index (κ2) is 4.62. The normalized spacial score (nSPS) is 11.3. The number of nitrogen functional groups attached to an aromatic ring is 1. The predicted octanol–water partition coefficient (Wildman–Crippen LogP) is 3.31. The molecule has 0 saturated carbocycles. The van der Waals surface area contributed by atoms with E-state index in [9.17, 15) is 0 Å². The molecule has 0 fully saturated rings. The summed E-state index contributed by atoms with van der Waals surface area (Å²) in [6.07, 6.45) is 0. The number of nitrogens with two attached hydrogens (primary N) is 1. The molecule has 3 rings (SSSR count). The molecule has 2 aromatic heterocycles. The van der Waals surface area contributed by atoms with Gasteiger partial charge in [-0.15, -0.1) is 0 Å². The SMILES string of the molecule is Cc1nc(SCc2nc3cc(N)ccc3o2)oc1C. The van der Waals surface area contributed by atoms with Crippen LogP contribution < -0.4 is 5.73 Å². The second-order valence-corrected chi connectivity index (χ2v) is 5.17. The maximum atomic E-state index is 5.71. The molecule has 0 atom stereocenters. The van der Waals surface area contributed by atoms with Crippen molar-refractivity contribution >= 4 is 28.5 Å². The van der Waals surface area contributed by atoms with Gasteiger partial charge in [0, 0.05) is 5.69 Å². The van der Waals surface area contributed by atoms with Crippen LogP contribution in [-0.4, -0.2) is 9.97 Å². The summed E-state index contributed by atoms with van der Waals surface area (Å²) in [5, 5.41) is 0.636. The Morgan fingerprint density at radius 1 is 1.21 bits per heavy atom. The highest BCUT2D eigenvalue weighted by molar-refractivity contribution is 7.98. The molecule has 3 aromatic rings. The van der Waals surface area contributed by atoms with Gasteiger partial charge in [0.05, 0.1) is 11.4 Å². The van der Waals surface area contributed by atoms with Crippen LogP contribution in [0.5, 0.6) is 0 Å². The van der Waals surface area contributed by atoms with Crippen LogP contribution in [-0.2, 0) is 5.75 Å². The molecule has 0 aliphatic carbocycles. The van der Waals surface area contributed by atoms with Crippen LogP contribution in [0.1, 0.15) is 17.3 Å². The van der Waals surface area contributed by atoms with Crippen molar-refractivity contribution in [3.63, 3.8) is 0 Å². The summed E-state index contributed by atoms with van der Waals surface area (Å²) in [6.45, 7) is 3.82. The quantitative estimate of drug-likeness (QED) is 0.583. The molecule has 0 radical (unpaired) electrons. The molecule has 0 unspecified atom stereocenters. The van der Waals surface area contributed by atoms with E-state index in [1.807, 2.05) is 19.9 Å². The van der Waals surface area contributed by atoms with Gasteiger partial charge in [0.2, 0.25) is 5.89 Å². The number of anilines is 1. The van der Waals surface area contributed by atoms with Gasteiger partial charge in [-0.3, -0.25) is 0 Å². The molecular formula is C13H13N3O2S. The fraction of sp³-hybridized carbons (Fsp3) is 0.231. The molecule has 2 heterocycles. The summed E-state index contributed by atoms with van der Waals surface area (Å²) in [4.78, 5) is 8.68. The lowest BCUT2D eigenvalue weighted by Crippen LogP contribution is -1.82. The van der Waals surface area contributed by atoms with Crippen molar-refractivity contribution in [1.82, 2.24) is 9.97 Å². The summed E-state index contributed by atoms with van der Waals surface area (Å²) in [7, 11) is 0. The first kappa shape index (κ1) is 12.1. The van der Waals surface area contributed by atoms with Gasteiger partial charge in [-0.2, -0.15) is 0 Å². The predicted molar refractivity (Wildman–Crippen MR) is 74.0 cm³/mol. The van der Waals surface area contributed by atoms with Gasteiger partial charge < -0.3 is 14.6 Å². The van der Waals surface area contributed by atoms with Gasteiger partial charge in [0.25, 0.3) is 5.22 Å². The Kier molecular flexibility index (Phi) is 2.94. The van der Waals surface area contributed by atoms with Gasteiger partial charge in [-0.25, -0.2) is 9.97 Å². The van der Waals surface area contributed by atoms with Crippen LogP contribution in [0, 0.1) is 13.8 Å². The number of oxazole rings is 2. The van der Waals surface area contributed by atoms with Crippen molar-refractivity contribution in [3.05, 3.63) is 35.5 Å². The molecule has 19 heavy (non-hydrogen) atoms. The lowest BCUT2D eigenvalue weighted by Gasteiger charge is -1.90. The summed E-state index contributed by atoms with van der Waals surface area (Å²) in [5.74, 6) is 2.06. The van der Waals surface area contributed by atoms with Gasteiger partial charge in [0.15, 0.2) is 5.58 Å². The summed E-state index contributed by atoms with van der Waals surface area (Å²) in [5.41, 5.74) is 8.81. The smallest absolute Gasteiger partial charge is 0.256 e. The average molecular weight is 275 g/mol. The van der Waals surface area contributed by atoms with Crippen LogP contribution >= 0.6 is 11.8 Å². The Balaban J connectivity index is 1.78. The highest BCUT2D eigenvalue weighted by Gasteiger charge is 2.10. The first-order valence-corrected chi connectivity index (χ1v) is 6.82. The Bertz CT molecular complexity index is 713. The van der Waals surface area contributed by atoms with E-state index in [-0.39, 0.29) is 0 Å². The molecule has 0 saturated heterocycles. The van der Waals surface area contributed by atoms with Crippen molar-refractivity contribution in [2.24, 2.45) is 0 Å². The maximum Gasteiger partial charge on any atom is 0.256 e. The molecule has 0 spiro atoms. The van der Waals surface area contributed by atoms with Crippen LogP contribution in [0.25, 0.3) is 11.1 Å². The van der Waals surface area contributed by atoms with Crippen molar-refractivity contribution in [3.8, 4) is 0 Å². The van der Waals surface area contributed by atoms with E-state index in [1.54, 1.807) is 12.1 Å². The van der Waals surface area contributed by atoms with Crippen molar-refractivity contribution < 1.29 is 8.83 Å². The zero-order valence-electron chi connectivity index (χ0n) is 10.6. The molecular weight excluding hydrogens is 262 g/mol. The number of aromatic nitrogens is 2. The number of fused-ring (bicyclic) bond motifs is 1. The van der Waals surface area contributed by atoms with Crippen LogP contribution in [0.2, 0.25) is 0 Å². The highest BCUT2D eigenvalue weighted by atomic mass is 32.2. The molecule has 1 aromatic carbocycles. The van der Waals surface area contributed by atoms with Crippen molar-refractivity contribution in [1.29, 1.82) is 0 Å². The van der Waals surface area contributed by atoms with E-state index in [4.69, 9.17) is 14.6 Å². The molecule has 5 nitrogen and oxygen atoms in total. The lowest BCUT2D eigenvalue weighted by molar-refractivity contribution is 0.430. The number of rotatable bonds is 3. The van der Waals surface area contributed by atoms with Gasteiger partial charge in [-0.1, -0.05) is 11.8 Å². The van der Waals surface area contributed by atoms with Crippen molar-refractivity contribution in [2.45, 2.75) is 24.8 Å². The number of benzene rings is 1. The number of hydrogen-bond acceptors (Lipinski definition) is 6. The van der Waals surface area contributed by atoms with Gasteiger partial charge >= 0.3 is 0 Å². The maximum absolute atomic E-state index is 5.71. The third-order valence-electron chi connectivity index (χ3n) is 2.78. The van der Waals surface area contributed by atoms with Crippen molar-refractivity contribution in [2.75, 3.05) is 5.73 Å². The number of aryl methyl sites for hydroxylation is 2. The fourth-order valence-corrected chi connectivity index (χ4v) is 2.44. The van der Waals surface area contributed by atoms with Crippen LogP contribution in [0.4, 0.5) is 5.69 Å². The van der Waals surface area contributed by atoms with E-state index in [0.717, 1.165) is 22.6 Å². The van der Waals surface area contributed by atoms with E-state index in [0.29, 0.717) is 22.6 Å². The molecule has 0 aliphatic heterocycles. The number of hydrogen-bond donors (Lipinski definition) is 1. The second-order valence-electron chi connectivity index (χ2n) is 4.24. The minimum absolute atomic E-state index is 0.577. The summed E-state index contributed by atoms with van der Waals surface area (Å²) in [6, 6.07) is 5.42. The first-order valence-electron chi connectivity index (χ1n) is 5.83. The molecule has 6 heteroatoms. The van der Waals surface area contributed by atoms with Gasteiger partial charge in [0.1, 0.15) is 11.3 Å². The zero-order valence-corrected chi connectivity index (χ0v) is 11.5. The third kappa shape index (κ3) is 2.44. The Morgan fingerprint density at radius 3 is 2.79 bits per heavy atom. The third-order valence-corrected chi connectivity index (χ3v) is 3.60. The van der Waals surface area contributed by atoms with Crippen LogP contribution in [0.3, 0.4) is 0 Å². The molecule has 2 N–H and O–H groups in total.